The molecule has 0 saturated carbocycles. The first-order valence-corrected chi connectivity index (χ1v) is 11.6. The number of nitrogens with one attached hydrogen (secondary N) is 4. The Morgan fingerprint density at radius 2 is 1.76 bits per heavy atom. The molecule has 33 heavy (non-hydrogen) atoms. The van der Waals surface area contributed by atoms with Gasteiger partial charge in [0.1, 0.15) is 17.5 Å². The third kappa shape index (κ3) is 6.36. The maximum absolute atomic E-state index is 12.7. The fourth-order valence-electron chi connectivity index (χ4n) is 3.04. The third-order valence-electron chi connectivity index (χ3n) is 4.78. The fourth-order valence-corrected chi connectivity index (χ4v) is 3.51. The number of benzene rings is 2. The van der Waals surface area contributed by atoms with E-state index in [2.05, 4.69) is 26.4 Å². The Kier molecular flexibility index (Phi) is 8.48. The summed E-state index contributed by atoms with van der Waals surface area (Å²) in [6, 6.07) is 16.9. The molecule has 9 nitrogen and oxygen atoms in total. The van der Waals surface area contributed by atoms with Gasteiger partial charge in [-0.2, -0.15) is 16.9 Å². The van der Waals surface area contributed by atoms with E-state index < -0.39 is 23.8 Å². The van der Waals surface area contributed by atoms with Crippen LogP contribution in [0.5, 0.6) is 5.75 Å². The zero-order valence-electron chi connectivity index (χ0n) is 18.3. The molecule has 1 atom stereocenters. The van der Waals surface area contributed by atoms with E-state index in [9.17, 15) is 14.4 Å². The van der Waals surface area contributed by atoms with Crippen molar-refractivity contribution < 1.29 is 19.1 Å². The number of methoxy groups -OCH3 is 1. The van der Waals surface area contributed by atoms with E-state index in [1.807, 2.05) is 36.6 Å². The number of amides is 3. The van der Waals surface area contributed by atoms with E-state index in [1.54, 1.807) is 42.1 Å². The molecule has 0 aliphatic heterocycles. The lowest BCUT2D eigenvalue weighted by atomic mass is 10.1. The van der Waals surface area contributed by atoms with Crippen LogP contribution in [0.4, 0.5) is 0 Å². The zero-order chi connectivity index (χ0) is 23.6. The van der Waals surface area contributed by atoms with Gasteiger partial charge in [-0.1, -0.05) is 42.5 Å². The molecular weight excluding hydrogens is 442 g/mol. The van der Waals surface area contributed by atoms with Crippen LogP contribution in [-0.2, 0) is 4.79 Å². The molecule has 0 bridgehead atoms. The third-order valence-corrected chi connectivity index (χ3v) is 5.42. The first kappa shape index (κ1) is 23.9. The number of aromatic nitrogens is 2. The number of ether oxygens (including phenoxy) is 1. The lowest BCUT2D eigenvalue weighted by Crippen LogP contribution is -2.52. The van der Waals surface area contributed by atoms with Crippen LogP contribution in [0.15, 0.2) is 60.7 Å². The fraction of sp³-hybridized carbons (Fsp3) is 0.217. The van der Waals surface area contributed by atoms with Crippen molar-refractivity contribution in [1.29, 1.82) is 0 Å². The van der Waals surface area contributed by atoms with Crippen molar-refractivity contribution in [2.24, 2.45) is 0 Å². The lowest BCUT2D eigenvalue weighted by Gasteiger charge is -2.19. The lowest BCUT2D eigenvalue weighted by molar-refractivity contribution is -0.123. The van der Waals surface area contributed by atoms with Crippen molar-refractivity contribution in [3.8, 4) is 17.0 Å². The number of carbonyl (C=O) groups excluding carboxylic acids is 3. The van der Waals surface area contributed by atoms with Crippen LogP contribution in [0, 0.1) is 0 Å². The van der Waals surface area contributed by atoms with Gasteiger partial charge in [0.15, 0.2) is 0 Å². The summed E-state index contributed by atoms with van der Waals surface area (Å²) in [5, 5.41) is 9.50. The van der Waals surface area contributed by atoms with E-state index >= 15 is 0 Å². The predicted octanol–water partition coefficient (Wildman–Crippen LogP) is 2.40. The van der Waals surface area contributed by atoms with Crippen molar-refractivity contribution in [3.63, 3.8) is 0 Å². The second kappa shape index (κ2) is 11.7. The molecule has 0 fully saturated rings. The van der Waals surface area contributed by atoms with Gasteiger partial charge in [-0.05, 0) is 36.6 Å². The maximum Gasteiger partial charge on any atom is 0.287 e. The molecule has 0 saturated heterocycles. The monoisotopic (exact) mass is 467 g/mol. The first-order valence-electron chi connectivity index (χ1n) is 10.2. The summed E-state index contributed by atoms with van der Waals surface area (Å²) >= 11 is 1.54. The average molecular weight is 468 g/mol. The number of rotatable bonds is 9. The van der Waals surface area contributed by atoms with Gasteiger partial charge in [-0.3, -0.25) is 30.3 Å². The second-order valence-electron chi connectivity index (χ2n) is 6.98. The minimum Gasteiger partial charge on any atom is -0.496 e. The van der Waals surface area contributed by atoms with Crippen LogP contribution in [0.1, 0.15) is 27.3 Å². The Balaban J connectivity index is 1.62. The standard InChI is InChI=1S/C23H25N5O4S/c1-32-20-11-7-6-10-16(20)21(29)24-17(12-13-33-2)22(30)27-28-23(31)19-14-18(25-26-19)15-8-4-3-5-9-15/h3-11,14,17H,12-13H2,1-2H3,(H,24,29)(H,25,26)(H,27,30)(H,28,31). The summed E-state index contributed by atoms with van der Waals surface area (Å²) in [6.07, 6.45) is 2.29. The largest absolute Gasteiger partial charge is 0.496 e. The zero-order valence-corrected chi connectivity index (χ0v) is 19.1. The Bertz CT molecular complexity index is 1100. The number of hydrogen-bond acceptors (Lipinski definition) is 6. The van der Waals surface area contributed by atoms with Gasteiger partial charge in [0.05, 0.1) is 18.4 Å². The van der Waals surface area contributed by atoms with Crippen molar-refractivity contribution in [2.75, 3.05) is 19.1 Å². The van der Waals surface area contributed by atoms with Gasteiger partial charge in [0, 0.05) is 5.56 Å². The smallest absolute Gasteiger partial charge is 0.287 e. The predicted molar refractivity (Wildman–Crippen MR) is 127 cm³/mol. The minimum absolute atomic E-state index is 0.188. The van der Waals surface area contributed by atoms with Gasteiger partial charge in [0.25, 0.3) is 17.7 Å². The van der Waals surface area contributed by atoms with Crippen molar-refractivity contribution in [2.45, 2.75) is 12.5 Å². The van der Waals surface area contributed by atoms with Crippen LogP contribution < -0.4 is 20.9 Å². The Hall–Kier alpha value is -3.79. The molecule has 0 aliphatic rings. The number of aromatic amines is 1. The molecule has 3 aromatic rings. The number of nitrogens with zero attached hydrogens (tertiary/aromatic N) is 1. The van der Waals surface area contributed by atoms with Gasteiger partial charge in [-0.15, -0.1) is 0 Å². The van der Waals surface area contributed by atoms with Crippen molar-refractivity contribution in [3.05, 3.63) is 71.9 Å². The SMILES string of the molecule is COc1ccccc1C(=O)NC(CCSC)C(=O)NNC(=O)c1cc(-c2ccccc2)n[nH]1. The first-order chi connectivity index (χ1) is 16.0. The van der Waals surface area contributed by atoms with Crippen LogP contribution in [-0.4, -0.2) is 53.1 Å². The molecular formula is C23H25N5O4S. The molecule has 4 N–H and O–H groups in total. The number of thioether (sulfide) groups is 1. The molecule has 0 spiro atoms. The highest BCUT2D eigenvalue weighted by atomic mass is 32.2. The number of hydrazine groups is 1. The summed E-state index contributed by atoms with van der Waals surface area (Å²) < 4.78 is 5.22. The summed E-state index contributed by atoms with van der Waals surface area (Å²) in [5.41, 5.74) is 6.71. The topological polar surface area (TPSA) is 125 Å². The normalized spacial score (nSPS) is 11.3. The van der Waals surface area contributed by atoms with E-state index in [0.717, 1.165) is 5.56 Å². The highest BCUT2D eigenvalue weighted by molar-refractivity contribution is 7.98. The average Bonchev–Trinajstić information content (AvgIpc) is 3.35. The highest BCUT2D eigenvalue weighted by Crippen LogP contribution is 2.18. The molecule has 3 rings (SSSR count). The molecule has 1 aromatic heterocycles. The number of carbonyl (C=O) groups is 3. The maximum atomic E-state index is 12.7. The van der Waals surface area contributed by atoms with Crippen LogP contribution in [0.3, 0.4) is 0 Å². The van der Waals surface area contributed by atoms with Gasteiger partial charge >= 0.3 is 0 Å². The summed E-state index contributed by atoms with van der Waals surface area (Å²) in [5.74, 6) is -0.498. The number of H-pyrrole nitrogens is 1. The van der Waals surface area contributed by atoms with Gasteiger partial charge in [0.2, 0.25) is 0 Å². The van der Waals surface area contributed by atoms with E-state index in [1.165, 1.54) is 7.11 Å². The van der Waals surface area contributed by atoms with Crippen LogP contribution >= 0.6 is 11.8 Å². The highest BCUT2D eigenvalue weighted by Gasteiger charge is 2.23. The second-order valence-corrected chi connectivity index (χ2v) is 7.97. The molecule has 2 aromatic carbocycles. The quantitative estimate of drug-likeness (QED) is 0.358. The van der Waals surface area contributed by atoms with Gasteiger partial charge in [-0.25, -0.2) is 0 Å². The Morgan fingerprint density at radius 3 is 2.48 bits per heavy atom. The van der Waals surface area contributed by atoms with E-state index in [4.69, 9.17) is 4.74 Å². The Labute approximate surface area is 195 Å². The van der Waals surface area contributed by atoms with Gasteiger partial charge < -0.3 is 10.1 Å². The van der Waals surface area contributed by atoms with E-state index in [-0.39, 0.29) is 5.69 Å². The minimum atomic E-state index is -0.850. The molecule has 0 radical (unpaired) electrons. The summed E-state index contributed by atoms with van der Waals surface area (Å²) in [4.78, 5) is 37.9. The molecule has 0 aliphatic carbocycles. The number of para-hydroxylation sites is 1. The number of hydrogen-bond donors (Lipinski definition) is 4. The van der Waals surface area contributed by atoms with Crippen LogP contribution in [0.2, 0.25) is 0 Å². The molecule has 1 heterocycles. The molecule has 172 valence electrons. The van der Waals surface area contributed by atoms with Crippen molar-refractivity contribution in [1.82, 2.24) is 26.4 Å². The summed E-state index contributed by atoms with van der Waals surface area (Å²) in [6.45, 7) is 0. The van der Waals surface area contributed by atoms with Crippen molar-refractivity contribution >= 4 is 29.5 Å². The molecule has 10 heteroatoms. The molecule has 1 unspecified atom stereocenters. The summed E-state index contributed by atoms with van der Waals surface area (Å²) in [7, 11) is 1.47. The Morgan fingerprint density at radius 1 is 1.03 bits per heavy atom. The molecule has 3 amide bonds. The van der Waals surface area contributed by atoms with E-state index in [0.29, 0.717) is 29.2 Å². The van der Waals surface area contributed by atoms with Crippen LogP contribution in [0.25, 0.3) is 11.3 Å².